The van der Waals surface area contributed by atoms with Gasteiger partial charge in [-0.1, -0.05) is 89.2 Å². The highest BCUT2D eigenvalue weighted by atomic mass is 15.3. The van der Waals surface area contributed by atoms with Crippen molar-refractivity contribution in [2.45, 2.75) is 214 Å². The SMILES string of the molecule is C=CCNc1nc(N=CCCCCC=Nc2nc(NCC=C)nc(NC3CC4(CCCCC4)NC4(CCCCC4)C3)n2)nc(NC2CC3(CCCCC3)NC3(CCCCC3)C2)n1. The minimum Gasteiger partial charge on any atom is -0.351 e. The second-order valence-corrected chi connectivity index (χ2v) is 19.9. The normalized spacial score (nSPS) is 25.3. The first-order valence-electron chi connectivity index (χ1n) is 24.8. The van der Waals surface area contributed by atoms with Gasteiger partial charge in [0.15, 0.2) is 0 Å². The van der Waals surface area contributed by atoms with Gasteiger partial charge in [0.25, 0.3) is 11.9 Å². The van der Waals surface area contributed by atoms with Crippen molar-refractivity contribution < 1.29 is 0 Å². The first kappa shape index (κ1) is 44.6. The summed E-state index contributed by atoms with van der Waals surface area (Å²) in [6.07, 6.45) is 41.5. The van der Waals surface area contributed by atoms with Crippen LogP contribution in [0.25, 0.3) is 0 Å². The third-order valence-corrected chi connectivity index (χ3v) is 14.9. The molecule has 14 nitrogen and oxygen atoms in total. The third kappa shape index (κ3) is 11.9. The van der Waals surface area contributed by atoms with Crippen molar-refractivity contribution in [1.82, 2.24) is 40.5 Å². The van der Waals surface area contributed by atoms with E-state index in [9.17, 15) is 0 Å². The Morgan fingerprint density at radius 3 is 1.11 bits per heavy atom. The van der Waals surface area contributed by atoms with Gasteiger partial charge in [0.05, 0.1) is 0 Å². The van der Waals surface area contributed by atoms with Crippen LogP contribution in [0.2, 0.25) is 0 Å². The summed E-state index contributed by atoms with van der Waals surface area (Å²) in [5.41, 5.74) is 0.867. The molecule has 0 unspecified atom stereocenters. The summed E-state index contributed by atoms with van der Waals surface area (Å²) in [5, 5.41) is 22.7. The molecule has 0 bridgehead atoms. The average molecular weight is 849 g/mol. The molecule has 4 saturated carbocycles. The predicted octanol–water partition coefficient (Wildman–Crippen LogP) is 10.1. The molecule has 2 aliphatic heterocycles. The molecule has 4 aliphatic carbocycles. The number of aliphatic imine (C=N–C) groups is 2. The highest BCUT2D eigenvalue weighted by Crippen LogP contribution is 2.46. The second kappa shape index (κ2) is 21.1. The zero-order valence-electron chi connectivity index (χ0n) is 37.7. The van der Waals surface area contributed by atoms with E-state index in [1.54, 1.807) is 0 Å². The maximum Gasteiger partial charge on any atom is 0.255 e. The molecule has 8 rings (SSSR count). The van der Waals surface area contributed by atoms with Crippen molar-refractivity contribution in [2.75, 3.05) is 34.4 Å². The Morgan fingerprint density at radius 1 is 0.468 bits per heavy atom. The Labute approximate surface area is 371 Å². The minimum atomic E-state index is 0.217. The molecule has 338 valence electrons. The number of hydrogen-bond donors (Lipinski definition) is 6. The Bertz CT molecular complexity index is 1640. The van der Waals surface area contributed by atoms with Gasteiger partial charge in [-0.3, -0.25) is 0 Å². The molecule has 2 aromatic rings. The number of anilines is 4. The summed E-state index contributed by atoms with van der Waals surface area (Å²) in [4.78, 5) is 37.9. The molecule has 6 fully saturated rings. The molecule has 62 heavy (non-hydrogen) atoms. The van der Waals surface area contributed by atoms with E-state index in [0.717, 1.165) is 51.4 Å². The molecule has 14 heteroatoms. The van der Waals surface area contributed by atoms with Crippen molar-refractivity contribution in [3.05, 3.63) is 25.3 Å². The first-order valence-corrected chi connectivity index (χ1v) is 24.8. The quantitative estimate of drug-likeness (QED) is 0.0506. The van der Waals surface area contributed by atoms with Crippen LogP contribution in [0, 0.1) is 0 Å². The van der Waals surface area contributed by atoms with E-state index in [0.29, 0.717) is 60.9 Å². The average Bonchev–Trinajstić information content (AvgIpc) is 3.26. The smallest absolute Gasteiger partial charge is 0.255 e. The lowest BCUT2D eigenvalue weighted by molar-refractivity contribution is 0.0592. The van der Waals surface area contributed by atoms with Crippen molar-refractivity contribution in [2.24, 2.45) is 9.98 Å². The number of rotatable bonds is 17. The standard InChI is InChI=1S/C48H76N14/c1-3-29-49-39-55-41(59-43(57-39)53-37-33-45(21-11-7-12-22-45)61-46(34-37)23-13-8-14-24-46)51-31-19-5-6-20-32-52-42-56-40(50-30-4-2)58-44(60-42)54-38-35-47(25-15-9-16-26-47)62-48(36-38)27-17-10-18-28-48/h3-4,31-32,37-38,61-62H,1-2,5-30,33-36H2,(H2,49,53,55,57,59)(H2,50,54,56,58,60). The van der Waals surface area contributed by atoms with E-state index in [1.807, 2.05) is 24.6 Å². The molecule has 0 aromatic carbocycles. The van der Waals surface area contributed by atoms with Crippen LogP contribution in [0.3, 0.4) is 0 Å². The lowest BCUT2D eigenvalue weighted by Gasteiger charge is -2.55. The monoisotopic (exact) mass is 849 g/mol. The molecular weight excluding hydrogens is 773 g/mol. The summed E-state index contributed by atoms with van der Waals surface area (Å²) in [5.74, 6) is 3.12. The highest BCUT2D eigenvalue weighted by Gasteiger charge is 2.49. The van der Waals surface area contributed by atoms with Gasteiger partial charge in [-0.25, -0.2) is 9.98 Å². The van der Waals surface area contributed by atoms with Gasteiger partial charge >= 0.3 is 0 Å². The van der Waals surface area contributed by atoms with Crippen molar-refractivity contribution >= 4 is 48.1 Å². The Hall–Kier alpha value is -4.04. The maximum absolute atomic E-state index is 4.82. The summed E-state index contributed by atoms with van der Waals surface area (Å²) < 4.78 is 0. The molecule has 0 amide bonds. The summed E-state index contributed by atoms with van der Waals surface area (Å²) in [6, 6.07) is 0.626. The van der Waals surface area contributed by atoms with E-state index < -0.39 is 0 Å². The van der Waals surface area contributed by atoms with Gasteiger partial charge in [-0.2, -0.15) is 29.9 Å². The van der Waals surface area contributed by atoms with E-state index in [-0.39, 0.29) is 22.2 Å². The van der Waals surface area contributed by atoms with Crippen molar-refractivity contribution in [3.8, 4) is 0 Å². The largest absolute Gasteiger partial charge is 0.351 e. The lowest BCUT2D eigenvalue weighted by Crippen LogP contribution is -2.66. The van der Waals surface area contributed by atoms with Crippen LogP contribution in [0.5, 0.6) is 0 Å². The molecule has 4 spiro atoms. The number of nitrogens with zero attached hydrogens (tertiary/aromatic N) is 8. The third-order valence-electron chi connectivity index (χ3n) is 14.9. The van der Waals surface area contributed by atoms with E-state index in [2.05, 4.69) is 55.0 Å². The van der Waals surface area contributed by atoms with Gasteiger partial charge in [0.1, 0.15) is 0 Å². The molecule has 2 saturated heterocycles. The number of aromatic nitrogens is 6. The highest BCUT2D eigenvalue weighted by molar-refractivity contribution is 5.63. The van der Waals surface area contributed by atoms with Crippen molar-refractivity contribution in [1.29, 1.82) is 0 Å². The Morgan fingerprint density at radius 2 is 0.790 bits per heavy atom. The van der Waals surface area contributed by atoms with Crippen LogP contribution in [0.15, 0.2) is 35.3 Å². The summed E-state index contributed by atoms with van der Waals surface area (Å²) >= 11 is 0. The number of hydrogen-bond acceptors (Lipinski definition) is 14. The fourth-order valence-corrected chi connectivity index (χ4v) is 12.4. The van der Waals surface area contributed by atoms with E-state index >= 15 is 0 Å². The van der Waals surface area contributed by atoms with Crippen LogP contribution >= 0.6 is 0 Å². The molecule has 4 heterocycles. The van der Waals surface area contributed by atoms with Crippen molar-refractivity contribution in [3.63, 3.8) is 0 Å². The predicted molar refractivity (Wildman–Crippen MR) is 255 cm³/mol. The van der Waals surface area contributed by atoms with Gasteiger partial charge in [-0.15, -0.1) is 13.2 Å². The maximum atomic E-state index is 4.82. The van der Waals surface area contributed by atoms with Crippen LogP contribution in [0.1, 0.15) is 180 Å². The first-order chi connectivity index (χ1) is 30.4. The van der Waals surface area contributed by atoms with Crippen LogP contribution < -0.4 is 31.9 Å². The van der Waals surface area contributed by atoms with E-state index in [1.165, 1.54) is 128 Å². The molecule has 0 atom stereocenters. The van der Waals surface area contributed by atoms with E-state index in [4.69, 9.17) is 29.9 Å². The zero-order chi connectivity index (χ0) is 42.6. The van der Waals surface area contributed by atoms with Gasteiger partial charge in [0, 0.05) is 59.8 Å². The minimum absolute atomic E-state index is 0.217. The van der Waals surface area contributed by atoms with Gasteiger partial charge in [0.2, 0.25) is 23.8 Å². The van der Waals surface area contributed by atoms with Gasteiger partial charge < -0.3 is 31.9 Å². The zero-order valence-corrected chi connectivity index (χ0v) is 37.7. The Kier molecular flexibility index (Phi) is 15.2. The fourth-order valence-electron chi connectivity index (χ4n) is 12.4. The summed E-state index contributed by atoms with van der Waals surface area (Å²) in [6.45, 7) is 8.89. The topological polar surface area (TPSA) is 174 Å². The number of piperidine rings is 2. The molecular formula is C48H76N14. The summed E-state index contributed by atoms with van der Waals surface area (Å²) in [7, 11) is 0. The number of nitrogens with one attached hydrogen (secondary N) is 6. The van der Waals surface area contributed by atoms with Gasteiger partial charge in [-0.05, 0) is 103 Å². The fraction of sp³-hybridized carbons (Fsp3) is 0.750. The lowest BCUT2D eigenvalue weighted by atomic mass is 9.66. The number of unbranched alkanes of at least 4 members (excludes halogenated alkanes) is 3. The van der Waals surface area contributed by atoms with Crippen LogP contribution in [-0.2, 0) is 0 Å². The molecule has 6 N–H and O–H groups in total. The van der Waals surface area contributed by atoms with Crippen LogP contribution in [0.4, 0.5) is 35.7 Å². The van der Waals surface area contributed by atoms with Crippen LogP contribution in [-0.4, -0.2) is 89.7 Å². The Balaban J connectivity index is 0.864. The molecule has 6 aliphatic rings. The molecule has 0 radical (unpaired) electrons. The second-order valence-electron chi connectivity index (χ2n) is 19.9. The molecule has 2 aromatic heterocycles.